The fourth-order valence-electron chi connectivity index (χ4n) is 2.21. The molecule has 0 aliphatic carbocycles. The Hall–Kier alpha value is -1.43. The first-order valence-corrected chi connectivity index (χ1v) is 6.58. The van der Waals surface area contributed by atoms with E-state index in [1.807, 2.05) is 7.05 Å². The van der Waals surface area contributed by atoms with Gasteiger partial charge < -0.3 is 10.6 Å². The van der Waals surface area contributed by atoms with Crippen molar-refractivity contribution < 1.29 is 4.79 Å². The molecule has 1 aliphatic rings. The van der Waals surface area contributed by atoms with Gasteiger partial charge in [-0.25, -0.2) is 4.98 Å². The summed E-state index contributed by atoms with van der Waals surface area (Å²) in [4.78, 5) is 15.8. The van der Waals surface area contributed by atoms with Gasteiger partial charge in [0.05, 0.1) is 0 Å². The van der Waals surface area contributed by atoms with Gasteiger partial charge in [-0.3, -0.25) is 9.48 Å². The lowest BCUT2D eigenvalue weighted by Gasteiger charge is -2.22. The van der Waals surface area contributed by atoms with Gasteiger partial charge in [-0.2, -0.15) is 5.10 Å². The molecule has 18 heavy (non-hydrogen) atoms. The van der Waals surface area contributed by atoms with Crippen molar-refractivity contribution in [2.24, 2.45) is 7.05 Å². The van der Waals surface area contributed by atoms with Crippen molar-refractivity contribution in [3.8, 4) is 0 Å². The number of carbonyl (C=O) groups is 1. The fourth-order valence-corrected chi connectivity index (χ4v) is 2.21. The third kappa shape index (κ3) is 4.10. The minimum absolute atomic E-state index is 0.116. The first-order chi connectivity index (χ1) is 8.74. The Kier molecular flexibility index (Phi) is 4.69. The van der Waals surface area contributed by atoms with Crippen LogP contribution in [0.2, 0.25) is 0 Å². The van der Waals surface area contributed by atoms with Crippen molar-refractivity contribution in [2.45, 2.75) is 38.1 Å². The van der Waals surface area contributed by atoms with E-state index in [0.717, 1.165) is 18.8 Å². The number of nitrogens with one attached hydrogen (secondary N) is 2. The number of hydrogen-bond donors (Lipinski definition) is 2. The van der Waals surface area contributed by atoms with Gasteiger partial charge in [-0.15, -0.1) is 0 Å². The van der Waals surface area contributed by atoms with Gasteiger partial charge in [-0.05, 0) is 19.4 Å². The summed E-state index contributed by atoms with van der Waals surface area (Å²) in [5.41, 5.74) is 0. The van der Waals surface area contributed by atoms with Crippen LogP contribution < -0.4 is 10.6 Å². The van der Waals surface area contributed by atoms with Crippen molar-refractivity contribution >= 4 is 5.91 Å². The van der Waals surface area contributed by atoms with Crippen LogP contribution in [-0.4, -0.2) is 39.8 Å². The highest BCUT2D eigenvalue weighted by Gasteiger charge is 2.15. The lowest BCUT2D eigenvalue weighted by molar-refractivity contribution is -0.121. The first-order valence-electron chi connectivity index (χ1n) is 6.58. The zero-order valence-electron chi connectivity index (χ0n) is 10.9. The molecule has 1 aliphatic heterocycles. The number of hydrogen-bond acceptors (Lipinski definition) is 4. The van der Waals surface area contributed by atoms with Gasteiger partial charge in [0, 0.05) is 32.5 Å². The molecule has 0 saturated carbocycles. The molecule has 2 heterocycles. The molecular formula is C12H21N5O. The van der Waals surface area contributed by atoms with Crippen LogP contribution >= 0.6 is 0 Å². The van der Waals surface area contributed by atoms with Gasteiger partial charge in [0.25, 0.3) is 0 Å². The number of carbonyl (C=O) groups excluding carboxylic acids is 1. The minimum Gasteiger partial charge on any atom is -0.356 e. The summed E-state index contributed by atoms with van der Waals surface area (Å²) in [7, 11) is 1.84. The maximum Gasteiger partial charge on any atom is 0.221 e. The number of aryl methyl sites for hydroxylation is 1. The van der Waals surface area contributed by atoms with E-state index in [-0.39, 0.29) is 5.91 Å². The highest BCUT2D eigenvalue weighted by molar-refractivity contribution is 5.76. The van der Waals surface area contributed by atoms with E-state index < -0.39 is 0 Å². The van der Waals surface area contributed by atoms with E-state index in [2.05, 4.69) is 20.7 Å². The Bertz CT molecular complexity index is 384. The zero-order chi connectivity index (χ0) is 12.8. The number of rotatable bonds is 5. The second-order valence-corrected chi connectivity index (χ2v) is 4.79. The predicted octanol–water partition coefficient (Wildman–Crippen LogP) is 0.00600. The minimum atomic E-state index is 0.116. The molecule has 1 atom stereocenters. The summed E-state index contributed by atoms with van der Waals surface area (Å²) in [5.74, 6) is 0.888. The van der Waals surface area contributed by atoms with Crippen molar-refractivity contribution in [1.29, 1.82) is 0 Å². The summed E-state index contributed by atoms with van der Waals surface area (Å²) in [6.45, 7) is 1.64. The molecule has 1 saturated heterocycles. The average molecular weight is 251 g/mol. The smallest absolute Gasteiger partial charge is 0.221 e. The van der Waals surface area contributed by atoms with Gasteiger partial charge in [0.15, 0.2) is 5.82 Å². The van der Waals surface area contributed by atoms with Crippen molar-refractivity contribution in [1.82, 2.24) is 25.4 Å². The summed E-state index contributed by atoms with van der Waals surface area (Å²) in [6, 6.07) is 0.353. The molecule has 6 nitrogen and oxygen atoms in total. The maximum atomic E-state index is 11.7. The second-order valence-electron chi connectivity index (χ2n) is 4.79. The zero-order valence-corrected chi connectivity index (χ0v) is 10.9. The monoisotopic (exact) mass is 251 g/mol. The molecule has 1 amide bonds. The lowest BCUT2D eigenvalue weighted by Crippen LogP contribution is -2.39. The fraction of sp³-hybridized carbons (Fsp3) is 0.750. The molecule has 1 aromatic rings. The van der Waals surface area contributed by atoms with Crippen molar-refractivity contribution in [3.63, 3.8) is 0 Å². The maximum absolute atomic E-state index is 11.7. The van der Waals surface area contributed by atoms with Crippen LogP contribution in [0.15, 0.2) is 6.33 Å². The third-order valence-electron chi connectivity index (χ3n) is 3.16. The number of nitrogens with zero attached hydrogens (tertiary/aromatic N) is 3. The van der Waals surface area contributed by atoms with Gasteiger partial charge >= 0.3 is 0 Å². The van der Waals surface area contributed by atoms with Crippen LogP contribution in [0.4, 0.5) is 0 Å². The van der Waals surface area contributed by atoms with Gasteiger partial charge in [0.2, 0.25) is 5.91 Å². The molecule has 2 rings (SSSR count). The van der Waals surface area contributed by atoms with Crippen molar-refractivity contribution in [2.75, 3.05) is 13.1 Å². The average Bonchev–Trinajstić information content (AvgIpc) is 2.76. The molecular weight excluding hydrogens is 230 g/mol. The summed E-state index contributed by atoms with van der Waals surface area (Å²) >= 11 is 0. The van der Waals surface area contributed by atoms with Crippen molar-refractivity contribution in [3.05, 3.63) is 12.2 Å². The van der Waals surface area contributed by atoms with Crippen LogP contribution in [0.3, 0.4) is 0 Å². The molecule has 0 radical (unpaired) electrons. The van der Waals surface area contributed by atoms with E-state index in [4.69, 9.17) is 0 Å². The second kappa shape index (κ2) is 6.49. The van der Waals surface area contributed by atoms with Crippen LogP contribution in [0, 0.1) is 0 Å². The Morgan fingerprint density at radius 3 is 3.17 bits per heavy atom. The van der Waals surface area contributed by atoms with Crippen LogP contribution in [0.5, 0.6) is 0 Å². The molecule has 2 N–H and O–H groups in total. The molecule has 1 unspecified atom stereocenters. The summed E-state index contributed by atoms with van der Waals surface area (Å²) < 4.78 is 1.67. The predicted molar refractivity (Wildman–Crippen MR) is 68.0 cm³/mol. The van der Waals surface area contributed by atoms with Crippen LogP contribution in [-0.2, 0) is 18.3 Å². The molecule has 0 spiro atoms. The molecule has 0 aromatic carbocycles. The molecule has 6 heteroatoms. The lowest BCUT2D eigenvalue weighted by atomic mass is 10.0. The van der Waals surface area contributed by atoms with E-state index >= 15 is 0 Å². The standard InChI is InChI=1S/C12H21N5O/c1-17-9-15-11(16-17)5-7-14-12(18)8-10-4-2-3-6-13-10/h9-10,13H,2-8H2,1H3,(H,14,18). The van der Waals surface area contributed by atoms with Gasteiger partial charge in [0.1, 0.15) is 6.33 Å². The largest absolute Gasteiger partial charge is 0.356 e. The Morgan fingerprint density at radius 2 is 2.50 bits per heavy atom. The highest BCUT2D eigenvalue weighted by atomic mass is 16.1. The quantitative estimate of drug-likeness (QED) is 0.773. The first kappa shape index (κ1) is 13.0. The van der Waals surface area contributed by atoms with E-state index in [9.17, 15) is 4.79 Å². The summed E-state index contributed by atoms with van der Waals surface area (Å²) in [5, 5.41) is 10.5. The highest BCUT2D eigenvalue weighted by Crippen LogP contribution is 2.09. The molecule has 100 valence electrons. The van der Waals surface area contributed by atoms with E-state index in [1.54, 1.807) is 11.0 Å². The molecule has 1 aromatic heterocycles. The summed E-state index contributed by atoms with van der Waals surface area (Å²) in [6.07, 6.45) is 6.49. The van der Waals surface area contributed by atoms with E-state index in [1.165, 1.54) is 12.8 Å². The SMILES string of the molecule is Cn1cnc(CCNC(=O)CC2CCCCN2)n1. The Labute approximate surface area is 107 Å². The normalized spacial score (nSPS) is 19.7. The van der Waals surface area contributed by atoms with Crippen LogP contribution in [0.25, 0.3) is 0 Å². The number of amides is 1. The van der Waals surface area contributed by atoms with Crippen LogP contribution in [0.1, 0.15) is 31.5 Å². The van der Waals surface area contributed by atoms with E-state index in [0.29, 0.717) is 25.4 Å². The third-order valence-corrected chi connectivity index (χ3v) is 3.16. The number of piperidine rings is 1. The molecule has 0 bridgehead atoms. The number of aromatic nitrogens is 3. The Morgan fingerprint density at radius 1 is 1.61 bits per heavy atom. The topological polar surface area (TPSA) is 71.8 Å². The van der Waals surface area contributed by atoms with Gasteiger partial charge in [-0.1, -0.05) is 6.42 Å². The Balaban J connectivity index is 1.62. The molecule has 1 fully saturated rings.